The van der Waals surface area contributed by atoms with Crippen LogP contribution in [0, 0.1) is 0 Å². The summed E-state index contributed by atoms with van der Waals surface area (Å²) < 4.78 is 2.17. The molecule has 14 heavy (non-hydrogen) atoms. The Bertz CT molecular complexity index is 475. The smallest absolute Gasteiger partial charge is 0.220 e. The fraction of sp³-hybridized carbons (Fsp3) is 0.111. The van der Waals surface area contributed by atoms with Crippen molar-refractivity contribution in [1.29, 1.82) is 0 Å². The average molecular weight is 227 g/mol. The van der Waals surface area contributed by atoms with E-state index >= 15 is 0 Å². The summed E-state index contributed by atoms with van der Waals surface area (Å²) in [6.45, 7) is 0. The predicted octanol–water partition coefficient (Wildman–Crippen LogP) is 2.37. The van der Waals surface area contributed by atoms with Crippen LogP contribution < -0.4 is 0 Å². The molecule has 0 unspecified atom stereocenters. The maximum Gasteiger partial charge on any atom is 0.220 e. The van der Waals surface area contributed by atoms with Crippen molar-refractivity contribution in [3.63, 3.8) is 0 Å². The number of carbonyl (C=O) groups is 1. The molecule has 0 radical (unpaired) electrons. The fourth-order valence-electron chi connectivity index (χ4n) is 1.16. The van der Waals surface area contributed by atoms with Gasteiger partial charge in [0.15, 0.2) is 0 Å². The zero-order valence-corrected chi connectivity index (χ0v) is 8.97. The average Bonchev–Trinajstić information content (AvgIpc) is 2.73. The van der Waals surface area contributed by atoms with E-state index in [0.717, 1.165) is 0 Å². The van der Waals surface area contributed by atoms with Gasteiger partial charge in [0.25, 0.3) is 0 Å². The van der Waals surface area contributed by atoms with Crippen LogP contribution in [0.5, 0.6) is 0 Å². The van der Waals surface area contributed by atoms with E-state index in [1.807, 2.05) is 0 Å². The summed E-state index contributed by atoms with van der Waals surface area (Å²) in [5, 5.41) is 3.94. The van der Waals surface area contributed by atoms with E-state index in [1.54, 1.807) is 36.1 Å². The first-order valence-corrected chi connectivity index (χ1v) is 5.16. The molecular formula is C9H7ClN2OS. The molecule has 0 atom stereocenters. The lowest BCUT2D eigenvalue weighted by atomic mass is 10.2. The minimum Gasteiger partial charge on any atom is -0.286 e. The Hall–Kier alpha value is -1.13. The zero-order chi connectivity index (χ0) is 10.1. The summed E-state index contributed by atoms with van der Waals surface area (Å²) in [5.41, 5.74) is 0.573. The minimum atomic E-state index is -0.0399. The van der Waals surface area contributed by atoms with E-state index in [2.05, 4.69) is 5.10 Å². The third-order valence-corrected chi connectivity index (χ3v) is 3.08. The number of hydrogen-bond acceptors (Lipinski definition) is 3. The molecule has 72 valence electrons. The lowest BCUT2D eigenvalue weighted by molar-refractivity contribution is 0.103. The van der Waals surface area contributed by atoms with Gasteiger partial charge in [-0.3, -0.25) is 9.48 Å². The molecule has 0 bridgehead atoms. The lowest BCUT2D eigenvalue weighted by Gasteiger charge is -1.97. The molecular weight excluding hydrogens is 220 g/mol. The van der Waals surface area contributed by atoms with Crippen molar-refractivity contribution >= 4 is 28.7 Å². The molecule has 0 saturated carbocycles. The number of thiophene rings is 1. The Balaban J connectivity index is 2.38. The number of halogens is 1. The summed E-state index contributed by atoms with van der Waals surface area (Å²) in [5.74, 6) is -0.0399. The van der Waals surface area contributed by atoms with Crippen LogP contribution in [0.2, 0.25) is 4.34 Å². The van der Waals surface area contributed by atoms with Crippen LogP contribution in [0.15, 0.2) is 24.4 Å². The van der Waals surface area contributed by atoms with Gasteiger partial charge in [0.05, 0.1) is 9.21 Å². The van der Waals surface area contributed by atoms with Crippen LogP contribution in [0.25, 0.3) is 0 Å². The van der Waals surface area contributed by atoms with Crippen LogP contribution in [-0.2, 0) is 7.05 Å². The topological polar surface area (TPSA) is 34.9 Å². The second-order valence-corrected chi connectivity index (χ2v) is 4.49. The predicted molar refractivity (Wildman–Crippen MR) is 56.0 cm³/mol. The number of aryl methyl sites for hydroxylation is 1. The van der Waals surface area contributed by atoms with E-state index in [-0.39, 0.29) is 5.78 Å². The molecule has 2 aromatic heterocycles. The van der Waals surface area contributed by atoms with Crippen LogP contribution in [-0.4, -0.2) is 15.6 Å². The third-order valence-electron chi connectivity index (χ3n) is 1.85. The van der Waals surface area contributed by atoms with Crippen LogP contribution in [0.1, 0.15) is 15.4 Å². The van der Waals surface area contributed by atoms with Gasteiger partial charge in [-0.15, -0.1) is 11.3 Å². The zero-order valence-electron chi connectivity index (χ0n) is 7.40. The number of rotatable bonds is 2. The highest BCUT2D eigenvalue weighted by Gasteiger charge is 2.14. The van der Waals surface area contributed by atoms with Gasteiger partial charge in [0, 0.05) is 13.2 Å². The molecule has 2 aromatic rings. The summed E-state index contributed by atoms with van der Waals surface area (Å²) in [6.07, 6.45) is 1.60. The van der Waals surface area contributed by atoms with Gasteiger partial charge in [-0.1, -0.05) is 11.6 Å². The molecule has 0 aliphatic carbocycles. The Kier molecular flexibility index (Phi) is 2.39. The molecule has 0 aromatic carbocycles. The van der Waals surface area contributed by atoms with Gasteiger partial charge >= 0.3 is 0 Å². The Morgan fingerprint density at radius 1 is 1.50 bits per heavy atom. The van der Waals surface area contributed by atoms with Crippen molar-refractivity contribution in [3.8, 4) is 0 Å². The monoisotopic (exact) mass is 226 g/mol. The van der Waals surface area contributed by atoms with Gasteiger partial charge < -0.3 is 0 Å². The summed E-state index contributed by atoms with van der Waals surface area (Å²) in [4.78, 5) is 12.5. The van der Waals surface area contributed by atoms with Gasteiger partial charge in [0.2, 0.25) is 5.78 Å². The van der Waals surface area contributed by atoms with Crippen molar-refractivity contribution in [2.45, 2.75) is 0 Å². The number of aromatic nitrogens is 2. The molecule has 0 saturated heterocycles. The Morgan fingerprint density at radius 2 is 2.29 bits per heavy atom. The summed E-state index contributed by atoms with van der Waals surface area (Å²) in [6, 6.07) is 5.13. The first-order valence-electron chi connectivity index (χ1n) is 3.96. The van der Waals surface area contributed by atoms with Gasteiger partial charge in [-0.05, 0) is 18.2 Å². The molecule has 3 nitrogen and oxygen atoms in total. The van der Waals surface area contributed by atoms with Gasteiger partial charge in [-0.2, -0.15) is 5.10 Å². The second kappa shape index (κ2) is 3.55. The molecule has 0 spiro atoms. The van der Waals surface area contributed by atoms with Gasteiger partial charge in [-0.25, -0.2) is 0 Å². The first-order chi connectivity index (χ1) is 6.68. The van der Waals surface area contributed by atoms with E-state index in [4.69, 9.17) is 11.6 Å². The highest BCUT2D eigenvalue weighted by atomic mass is 35.5. The molecule has 2 heterocycles. The molecule has 2 rings (SSSR count). The second-order valence-electron chi connectivity index (χ2n) is 2.77. The maximum absolute atomic E-state index is 11.8. The third kappa shape index (κ3) is 1.58. The molecule has 0 amide bonds. The maximum atomic E-state index is 11.8. The number of nitrogens with zero attached hydrogens (tertiary/aromatic N) is 2. The van der Waals surface area contributed by atoms with E-state index in [1.165, 1.54) is 11.3 Å². The Morgan fingerprint density at radius 3 is 2.79 bits per heavy atom. The molecule has 5 heteroatoms. The molecule has 0 aliphatic heterocycles. The van der Waals surface area contributed by atoms with Crippen LogP contribution >= 0.6 is 22.9 Å². The SMILES string of the molecule is Cn1nccc1C(=O)c1ccc(Cl)s1. The summed E-state index contributed by atoms with van der Waals surface area (Å²) in [7, 11) is 1.74. The van der Waals surface area contributed by atoms with Crippen molar-refractivity contribution in [1.82, 2.24) is 9.78 Å². The first kappa shape index (κ1) is 9.43. The van der Waals surface area contributed by atoms with Crippen LogP contribution in [0.3, 0.4) is 0 Å². The number of ketones is 1. The number of carbonyl (C=O) groups excluding carboxylic acids is 1. The van der Waals surface area contributed by atoms with Crippen molar-refractivity contribution in [3.05, 3.63) is 39.3 Å². The van der Waals surface area contributed by atoms with E-state index in [9.17, 15) is 4.79 Å². The van der Waals surface area contributed by atoms with E-state index < -0.39 is 0 Å². The van der Waals surface area contributed by atoms with Gasteiger partial charge in [0.1, 0.15) is 5.69 Å². The highest BCUT2D eigenvalue weighted by molar-refractivity contribution is 7.18. The Labute approximate surface area is 89.9 Å². The lowest BCUT2D eigenvalue weighted by Crippen LogP contribution is -2.06. The highest BCUT2D eigenvalue weighted by Crippen LogP contribution is 2.23. The molecule has 0 N–H and O–H groups in total. The largest absolute Gasteiger partial charge is 0.286 e. The minimum absolute atomic E-state index is 0.0399. The quantitative estimate of drug-likeness (QED) is 0.737. The fourth-order valence-corrected chi connectivity index (χ4v) is 2.15. The van der Waals surface area contributed by atoms with Crippen LogP contribution in [0.4, 0.5) is 0 Å². The van der Waals surface area contributed by atoms with E-state index in [0.29, 0.717) is 14.9 Å². The normalized spacial score (nSPS) is 10.4. The molecule has 0 fully saturated rings. The molecule has 0 aliphatic rings. The standard InChI is InChI=1S/C9H7ClN2OS/c1-12-6(4-5-11-12)9(13)7-2-3-8(10)14-7/h2-5H,1H3. The summed E-state index contributed by atoms with van der Waals surface area (Å²) >= 11 is 7.03. The van der Waals surface area contributed by atoms with Crippen molar-refractivity contribution in [2.75, 3.05) is 0 Å². The number of hydrogen-bond donors (Lipinski definition) is 0. The van der Waals surface area contributed by atoms with Crippen molar-refractivity contribution in [2.24, 2.45) is 7.05 Å². The van der Waals surface area contributed by atoms with Crippen molar-refractivity contribution < 1.29 is 4.79 Å².